The SMILES string of the molecule is COc1cc(CNc2ccc(F)c(Cl)c2)cc(Br)c1OCc1ccccc1C. The highest BCUT2D eigenvalue weighted by Gasteiger charge is 2.13. The van der Waals surface area contributed by atoms with Gasteiger partial charge in [0.25, 0.3) is 0 Å². The maximum absolute atomic E-state index is 13.3. The number of hydrogen-bond acceptors (Lipinski definition) is 3. The topological polar surface area (TPSA) is 30.5 Å². The summed E-state index contributed by atoms with van der Waals surface area (Å²) in [6.07, 6.45) is 0. The number of ether oxygens (including phenoxy) is 2. The Balaban J connectivity index is 1.73. The number of anilines is 1. The molecule has 146 valence electrons. The Kier molecular flexibility index (Phi) is 6.81. The minimum Gasteiger partial charge on any atom is -0.493 e. The minimum atomic E-state index is -0.438. The highest BCUT2D eigenvalue weighted by molar-refractivity contribution is 9.10. The quantitative estimate of drug-likeness (QED) is 0.419. The van der Waals surface area contributed by atoms with Gasteiger partial charge in [0.2, 0.25) is 0 Å². The van der Waals surface area contributed by atoms with Crippen molar-refractivity contribution in [1.82, 2.24) is 0 Å². The van der Waals surface area contributed by atoms with Gasteiger partial charge < -0.3 is 14.8 Å². The molecular weight excluding hydrogens is 445 g/mol. The predicted molar refractivity (Wildman–Crippen MR) is 115 cm³/mol. The fourth-order valence-corrected chi connectivity index (χ4v) is 3.53. The first-order chi connectivity index (χ1) is 13.5. The van der Waals surface area contributed by atoms with E-state index in [9.17, 15) is 4.39 Å². The second-order valence-electron chi connectivity index (χ2n) is 6.31. The average molecular weight is 465 g/mol. The van der Waals surface area contributed by atoms with Crippen LogP contribution in [-0.2, 0) is 13.2 Å². The second-order valence-corrected chi connectivity index (χ2v) is 7.57. The number of methoxy groups -OCH3 is 1. The van der Waals surface area contributed by atoms with Gasteiger partial charge in [0.1, 0.15) is 12.4 Å². The van der Waals surface area contributed by atoms with Crippen molar-refractivity contribution in [3.8, 4) is 11.5 Å². The number of benzene rings is 3. The first-order valence-electron chi connectivity index (χ1n) is 8.70. The van der Waals surface area contributed by atoms with Crippen LogP contribution in [0, 0.1) is 12.7 Å². The van der Waals surface area contributed by atoms with Crippen molar-refractivity contribution in [3.63, 3.8) is 0 Å². The smallest absolute Gasteiger partial charge is 0.175 e. The van der Waals surface area contributed by atoms with Crippen LogP contribution in [0.3, 0.4) is 0 Å². The molecule has 3 aromatic rings. The zero-order chi connectivity index (χ0) is 20.1. The van der Waals surface area contributed by atoms with Gasteiger partial charge in [-0.05, 0) is 69.9 Å². The molecule has 6 heteroatoms. The van der Waals surface area contributed by atoms with Gasteiger partial charge in [0.15, 0.2) is 11.5 Å². The summed E-state index contributed by atoms with van der Waals surface area (Å²) in [5, 5.41) is 3.31. The van der Waals surface area contributed by atoms with Crippen LogP contribution in [0.1, 0.15) is 16.7 Å². The Labute approximate surface area is 177 Å². The van der Waals surface area contributed by atoms with Gasteiger partial charge in [-0.3, -0.25) is 0 Å². The van der Waals surface area contributed by atoms with Crippen LogP contribution in [-0.4, -0.2) is 7.11 Å². The van der Waals surface area contributed by atoms with Gasteiger partial charge in [-0.25, -0.2) is 4.39 Å². The fourth-order valence-electron chi connectivity index (χ4n) is 2.75. The number of halogens is 3. The molecule has 0 spiro atoms. The minimum absolute atomic E-state index is 0.0868. The molecule has 0 aliphatic heterocycles. The van der Waals surface area contributed by atoms with Crippen molar-refractivity contribution < 1.29 is 13.9 Å². The molecule has 28 heavy (non-hydrogen) atoms. The van der Waals surface area contributed by atoms with Crippen LogP contribution in [0.4, 0.5) is 10.1 Å². The second kappa shape index (κ2) is 9.30. The van der Waals surface area contributed by atoms with E-state index in [1.54, 1.807) is 19.2 Å². The monoisotopic (exact) mass is 463 g/mol. The van der Waals surface area contributed by atoms with Crippen LogP contribution in [0.2, 0.25) is 5.02 Å². The predicted octanol–water partition coefficient (Wildman–Crippen LogP) is 6.75. The van der Waals surface area contributed by atoms with Crippen molar-refractivity contribution in [2.75, 3.05) is 12.4 Å². The molecule has 0 atom stereocenters. The molecule has 0 aromatic heterocycles. The van der Waals surface area contributed by atoms with Crippen LogP contribution in [0.25, 0.3) is 0 Å². The molecule has 0 radical (unpaired) electrons. The normalized spacial score (nSPS) is 10.6. The lowest BCUT2D eigenvalue weighted by Gasteiger charge is -2.16. The van der Waals surface area contributed by atoms with Crippen molar-refractivity contribution in [1.29, 1.82) is 0 Å². The lowest BCUT2D eigenvalue weighted by Crippen LogP contribution is -2.03. The molecule has 0 aliphatic rings. The Morgan fingerprint density at radius 1 is 1.11 bits per heavy atom. The standard InChI is InChI=1S/C22H20BrClFNO2/c1-14-5-3-4-6-16(14)13-28-22-18(23)9-15(10-21(22)27-2)12-26-17-7-8-20(25)19(24)11-17/h3-11,26H,12-13H2,1-2H3. The van der Waals surface area contributed by atoms with Crippen LogP contribution < -0.4 is 14.8 Å². The molecular formula is C22H20BrClFNO2. The fraction of sp³-hybridized carbons (Fsp3) is 0.182. The molecule has 0 aliphatic carbocycles. The lowest BCUT2D eigenvalue weighted by atomic mass is 10.1. The Morgan fingerprint density at radius 2 is 1.89 bits per heavy atom. The van der Waals surface area contributed by atoms with E-state index in [0.29, 0.717) is 24.7 Å². The van der Waals surface area contributed by atoms with E-state index in [2.05, 4.69) is 34.2 Å². The largest absolute Gasteiger partial charge is 0.493 e. The first-order valence-corrected chi connectivity index (χ1v) is 9.87. The summed E-state index contributed by atoms with van der Waals surface area (Å²) in [6.45, 7) is 3.03. The lowest BCUT2D eigenvalue weighted by molar-refractivity contribution is 0.282. The molecule has 0 amide bonds. The molecule has 0 heterocycles. The van der Waals surface area contributed by atoms with E-state index in [1.165, 1.54) is 11.6 Å². The molecule has 3 rings (SSSR count). The van der Waals surface area contributed by atoms with Gasteiger partial charge in [-0.1, -0.05) is 35.9 Å². The van der Waals surface area contributed by atoms with Crippen molar-refractivity contribution in [2.45, 2.75) is 20.1 Å². The maximum Gasteiger partial charge on any atom is 0.175 e. The Bertz CT molecular complexity index is 981. The van der Waals surface area contributed by atoms with E-state index in [1.807, 2.05) is 30.3 Å². The Morgan fingerprint density at radius 3 is 2.61 bits per heavy atom. The molecule has 3 aromatic carbocycles. The van der Waals surface area contributed by atoms with Crippen LogP contribution in [0.15, 0.2) is 59.1 Å². The summed E-state index contributed by atoms with van der Waals surface area (Å²) >= 11 is 9.40. The summed E-state index contributed by atoms with van der Waals surface area (Å²) in [4.78, 5) is 0. The van der Waals surface area contributed by atoms with E-state index in [-0.39, 0.29) is 5.02 Å². The summed E-state index contributed by atoms with van der Waals surface area (Å²) in [6, 6.07) is 16.5. The summed E-state index contributed by atoms with van der Waals surface area (Å²) in [7, 11) is 1.61. The van der Waals surface area contributed by atoms with E-state index in [0.717, 1.165) is 21.3 Å². The highest BCUT2D eigenvalue weighted by atomic mass is 79.9. The third kappa shape index (κ3) is 4.97. The van der Waals surface area contributed by atoms with Crippen molar-refractivity contribution >= 4 is 33.2 Å². The number of rotatable bonds is 7. The average Bonchev–Trinajstić information content (AvgIpc) is 2.68. The number of hydrogen-bond donors (Lipinski definition) is 1. The van der Waals surface area contributed by atoms with Gasteiger partial charge in [-0.2, -0.15) is 0 Å². The molecule has 0 saturated heterocycles. The third-order valence-electron chi connectivity index (χ3n) is 4.34. The maximum atomic E-state index is 13.3. The van der Waals surface area contributed by atoms with Crippen molar-refractivity contribution in [3.05, 3.63) is 86.6 Å². The molecule has 3 nitrogen and oxygen atoms in total. The zero-order valence-corrected chi connectivity index (χ0v) is 17.9. The summed E-state index contributed by atoms with van der Waals surface area (Å²) in [5.41, 5.74) is 4.01. The number of nitrogens with one attached hydrogen (secondary N) is 1. The van der Waals surface area contributed by atoms with E-state index < -0.39 is 5.82 Å². The molecule has 1 N–H and O–H groups in total. The van der Waals surface area contributed by atoms with Gasteiger partial charge >= 0.3 is 0 Å². The first kappa shape index (κ1) is 20.5. The Hall–Kier alpha value is -2.24. The number of aryl methyl sites for hydroxylation is 1. The summed E-state index contributed by atoms with van der Waals surface area (Å²) < 4.78 is 25.6. The molecule has 0 bridgehead atoms. The molecule has 0 fully saturated rings. The van der Waals surface area contributed by atoms with Crippen LogP contribution in [0.5, 0.6) is 11.5 Å². The highest BCUT2D eigenvalue weighted by Crippen LogP contribution is 2.37. The zero-order valence-electron chi connectivity index (χ0n) is 15.6. The van der Waals surface area contributed by atoms with E-state index >= 15 is 0 Å². The van der Waals surface area contributed by atoms with Crippen LogP contribution >= 0.6 is 27.5 Å². The van der Waals surface area contributed by atoms with Gasteiger partial charge in [-0.15, -0.1) is 0 Å². The van der Waals surface area contributed by atoms with Crippen molar-refractivity contribution in [2.24, 2.45) is 0 Å². The molecule has 0 unspecified atom stereocenters. The van der Waals surface area contributed by atoms with E-state index in [4.69, 9.17) is 21.1 Å². The summed E-state index contributed by atoms with van der Waals surface area (Å²) in [5.74, 6) is 0.850. The third-order valence-corrected chi connectivity index (χ3v) is 5.22. The van der Waals surface area contributed by atoms with Gasteiger partial charge in [0, 0.05) is 12.2 Å². The molecule has 0 saturated carbocycles. The van der Waals surface area contributed by atoms with Gasteiger partial charge in [0.05, 0.1) is 16.6 Å².